The Labute approximate surface area is 126 Å². The van der Waals surface area contributed by atoms with Crippen molar-refractivity contribution in [3.63, 3.8) is 0 Å². The van der Waals surface area contributed by atoms with Gasteiger partial charge in [0.15, 0.2) is 6.04 Å². The van der Waals surface area contributed by atoms with E-state index >= 15 is 0 Å². The van der Waals surface area contributed by atoms with E-state index in [1.165, 1.54) is 22.7 Å². The maximum atomic E-state index is 12.3. The predicted molar refractivity (Wildman–Crippen MR) is 81.0 cm³/mol. The molecule has 0 radical (unpaired) electrons. The Hall–Kier alpha value is -1.71. The average Bonchev–Trinajstić information content (AvgIpc) is 3.06. The summed E-state index contributed by atoms with van der Waals surface area (Å²) in [6, 6.07) is 5.25. The lowest BCUT2D eigenvalue weighted by atomic mass is 10.2. The minimum absolute atomic E-state index is 0.209. The molecule has 0 aromatic carbocycles. The highest BCUT2D eigenvalue weighted by Gasteiger charge is 2.20. The van der Waals surface area contributed by atoms with Crippen LogP contribution in [0.2, 0.25) is 0 Å². The van der Waals surface area contributed by atoms with Gasteiger partial charge in [0.2, 0.25) is 0 Å². The van der Waals surface area contributed by atoms with Gasteiger partial charge in [0.25, 0.3) is 5.91 Å². The number of nitrogens with one attached hydrogen (secondary N) is 1. The molecule has 2 heterocycles. The number of hydrogen-bond donors (Lipinski definition) is 1. The molecule has 1 unspecified atom stereocenters. The number of nitrogens with zero attached hydrogens (tertiary/aromatic N) is 2. The van der Waals surface area contributed by atoms with Crippen LogP contribution in [0.15, 0.2) is 17.5 Å². The predicted octanol–water partition coefficient (Wildman–Crippen LogP) is 3.46. The largest absolute Gasteiger partial charge is 0.331 e. The zero-order chi connectivity index (χ0) is 14.5. The number of hydrogen-bond acceptors (Lipinski definition) is 5. The van der Waals surface area contributed by atoms with Crippen molar-refractivity contribution < 1.29 is 4.79 Å². The number of amides is 1. The van der Waals surface area contributed by atoms with Gasteiger partial charge in [0.1, 0.15) is 4.88 Å². The molecular formula is C14H15N3OS2. The first-order chi connectivity index (χ1) is 9.65. The third-order valence-electron chi connectivity index (χ3n) is 2.73. The molecule has 1 N–H and O–H groups in total. The Morgan fingerprint density at radius 1 is 1.60 bits per heavy atom. The number of carbonyl (C=O) groups excluding carboxylic acids is 1. The molecule has 6 heteroatoms. The quantitative estimate of drug-likeness (QED) is 0.920. The normalized spacial score (nSPS) is 11.8. The third-order valence-corrected chi connectivity index (χ3v) is 4.68. The Kier molecular flexibility index (Phi) is 4.88. The molecule has 2 aromatic rings. The van der Waals surface area contributed by atoms with Gasteiger partial charge in [-0.25, -0.2) is 4.98 Å². The molecule has 2 aromatic heterocycles. The highest BCUT2D eigenvalue weighted by atomic mass is 32.1. The van der Waals surface area contributed by atoms with Crippen molar-refractivity contribution in [2.45, 2.75) is 32.7 Å². The maximum Gasteiger partial charge on any atom is 0.264 e. The molecule has 1 amide bonds. The Bertz CT molecular complexity index is 625. The van der Waals surface area contributed by atoms with Crippen molar-refractivity contribution in [1.29, 1.82) is 5.26 Å². The molecule has 0 aliphatic rings. The molecule has 0 saturated heterocycles. The second-order valence-electron chi connectivity index (χ2n) is 4.31. The number of aryl methyl sites for hydroxylation is 2. The summed E-state index contributed by atoms with van der Waals surface area (Å²) in [6.45, 7) is 3.95. The smallest absolute Gasteiger partial charge is 0.264 e. The fraction of sp³-hybridized carbons (Fsp3) is 0.357. The fourth-order valence-electron chi connectivity index (χ4n) is 1.87. The van der Waals surface area contributed by atoms with Gasteiger partial charge in [0, 0.05) is 4.88 Å². The average molecular weight is 305 g/mol. The van der Waals surface area contributed by atoms with Gasteiger partial charge in [-0.3, -0.25) is 4.79 Å². The van der Waals surface area contributed by atoms with E-state index in [1.807, 2.05) is 24.4 Å². The monoisotopic (exact) mass is 305 g/mol. The molecule has 0 aliphatic carbocycles. The third kappa shape index (κ3) is 3.24. The van der Waals surface area contributed by atoms with Gasteiger partial charge in [-0.1, -0.05) is 19.4 Å². The molecule has 0 bridgehead atoms. The lowest BCUT2D eigenvalue weighted by Crippen LogP contribution is -2.27. The van der Waals surface area contributed by atoms with E-state index in [0.29, 0.717) is 4.88 Å². The summed E-state index contributed by atoms with van der Waals surface area (Å²) < 4.78 is 0. The molecular weight excluding hydrogens is 290 g/mol. The molecule has 0 aliphatic heterocycles. The number of aromatic nitrogens is 1. The molecule has 1 atom stereocenters. The summed E-state index contributed by atoms with van der Waals surface area (Å²) in [4.78, 5) is 18.2. The van der Waals surface area contributed by atoms with Crippen LogP contribution < -0.4 is 5.32 Å². The molecule has 0 saturated carbocycles. The van der Waals surface area contributed by atoms with Crippen LogP contribution in [-0.2, 0) is 6.42 Å². The second kappa shape index (κ2) is 6.64. The summed E-state index contributed by atoms with van der Waals surface area (Å²) in [5.41, 5.74) is 0.829. The SMILES string of the molecule is CCCc1nc(C)sc1C(=O)NC(C#N)c1cccs1. The van der Waals surface area contributed by atoms with E-state index in [-0.39, 0.29) is 5.91 Å². The van der Waals surface area contributed by atoms with Crippen molar-refractivity contribution in [3.05, 3.63) is 38.0 Å². The molecule has 4 nitrogen and oxygen atoms in total. The highest BCUT2D eigenvalue weighted by Crippen LogP contribution is 2.22. The lowest BCUT2D eigenvalue weighted by molar-refractivity contribution is 0.0948. The summed E-state index contributed by atoms with van der Waals surface area (Å²) in [5, 5.41) is 14.8. The minimum Gasteiger partial charge on any atom is -0.331 e. The maximum absolute atomic E-state index is 12.3. The van der Waals surface area contributed by atoms with Gasteiger partial charge in [-0.05, 0) is 24.8 Å². The van der Waals surface area contributed by atoms with Crippen LogP contribution in [-0.4, -0.2) is 10.9 Å². The van der Waals surface area contributed by atoms with Crippen molar-refractivity contribution in [1.82, 2.24) is 10.3 Å². The first kappa shape index (κ1) is 14.7. The van der Waals surface area contributed by atoms with E-state index in [0.717, 1.165) is 28.4 Å². The lowest BCUT2D eigenvalue weighted by Gasteiger charge is -2.09. The zero-order valence-electron chi connectivity index (χ0n) is 11.3. The first-order valence-electron chi connectivity index (χ1n) is 6.36. The topological polar surface area (TPSA) is 65.8 Å². The Morgan fingerprint density at radius 2 is 2.40 bits per heavy atom. The van der Waals surface area contributed by atoms with Gasteiger partial charge in [-0.15, -0.1) is 22.7 Å². The zero-order valence-corrected chi connectivity index (χ0v) is 13.0. The van der Waals surface area contributed by atoms with Crippen LogP contribution >= 0.6 is 22.7 Å². The van der Waals surface area contributed by atoms with Crippen LogP contribution in [0, 0.1) is 18.3 Å². The molecule has 0 spiro atoms. The molecule has 0 fully saturated rings. The minimum atomic E-state index is -0.598. The van der Waals surface area contributed by atoms with Gasteiger partial charge in [-0.2, -0.15) is 5.26 Å². The van der Waals surface area contributed by atoms with E-state index in [9.17, 15) is 10.1 Å². The van der Waals surface area contributed by atoms with Gasteiger partial charge >= 0.3 is 0 Å². The van der Waals surface area contributed by atoms with Crippen molar-refractivity contribution in [3.8, 4) is 6.07 Å². The van der Waals surface area contributed by atoms with Gasteiger partial charge < -0.3 is 5.32 Å². The van der Waals surface area contributed by atoms with Crippen molar-refractivity contribution in [2.75, 3.05) is 0 Å². The van der Waals surface area contributed by atoms with Crippen LogP contribution in [0.3, 0.4) is 0 Å². The number of thiazole rings is 1. The Balaban J connectivity index is 2.17. The van der Waals surface area contributed by atoms with Crippen molar-refractivity contribution >= 4 is 28.6 Å². The van der Waals surface area contributed by atoms with Crippen LogP contribution in [0.5, 0.6) is 0 Å². The summed E-state index contributed by atoms with van der Waals surface area (Å²) >= 11 is 2.85. The molecule has 2 rings (SSSR count). The van der Waals surface area contributed by atoms with Crippen LogP contribution in [0.1, 0.15) is 44.6 Å². The summed E-state index contributed by atoms with van der Waals surface area (Å²) in [5.74, 6) is -0.209. The fourth-order valence-corrected chi connectivity index (χ4v) is 3.46. The van der Waals surface area contributed by atoms with E-state index < -0.39 is 6.04 Å². The second-order valence-corrected chi connectivity index (χ2v) is 6.49. The number of rotatable bonds is 5. The number of nitriles is 1. The van der Waals surface area contributed by atoms with Crippen LogP contribution in [0.25, 0.3) is 0 Å². The molecule has 20 heavy (non-hydrogen) atoms. The van der Waals surface area contributed by atoms with Crippen molar-refractivity contribution in [2.24, 2.45) is 0 Å². The number of thiophene rings is 1. The first-order valence-corrected chi connectivity index (χ1v) is 8.05. The van der Waals surface area contributed by atoms with E-state index in [4.69, 9.17) is 0 Å². The number of carbonyl (C=O) groups is 1. The Morgan fingerprint density at radius 3 is 3.00 bits per heavy atom. The summed E-state index contributed by atoms with van der Waals surface area (Å²) in [6.07, 6.45) is 1.72. The van der Waals surface area contributed by atoms with E-state index in [2.05, 4.69) is 23.3 Å². The standard InChI is InChI=1S/C14H15N3OS2/c1-3-5-10-13(20-9(2)16-10)14(18)17-11(8-15)12-6-4-7-19-12/h4,6-7,11H,3,5H2,1-2H3,(H,17,18). The van der Waals surface area contributed by atoms with Gasteiger partial charge in [0.05, 0.1) is 16.8 Å². The molecule has 104 valence electrons. The highest BCUT2D eigenvalue weighted by molar-refractivity contribution is 7.13. The van der Waals surface area contributed by atoms with E-state index in [1.54, 1.807) is 0 Å². The van der Waals surface area contributed by atoms with Crippen LogP contribution in [0.4, 0.5) is 0 Å². The summed E-state index contributed by atoms with van der Waals surface area (Å²) in [7, 11) is 0.